The van der Waals surface area contributed by atoms with Crippen LogP contribution in [0.5, 0.6) is 0 Å². The number of carbonyl (C=O) groups excluding carboxylic acids is 1. The summed E-state index contributed by atoms with van der Waals surface area (Å²) in [4.78, 5) is 15.7. The number of nitrogens with one attached hydrogen (secondary N) is 1. The van der Waals surface area contributed by atoms with Gasteiger partial charge in [0.2, 0.25) is 16.6 Å². The molecular weight excluding hydrogens is 371 g/mol. The number of anilines is 1. The van der Waals surface area contributed by atoms with Crippen molar-refractivity contribution in [2.45, 2.75) is 50.8 Å². The predicted octanol–water partition coefficient (Wildman–Crippen LogP) is 2.95. The zero-order chi connectivity index (χ0) is 19.5. The van der Waals surface area contributed by atoms with Crippen LogP contribution in [-0.2, 0) is 17.4 Å². The second-order valence-electron chi connectivity index (χ2n) is 5.90. The third kappa shape index (κ3) is 4.04. The van der Waals surface area contributed by atoms with E-state index in [1.165, 1.54) is 13.2 Å². The van der Waals surface area contributed by atoms with Gasteiger partial charge in [0.15, 0.2) is 5.82 Å². The second-order valence-corrected chi connectivity index (χ2v) is 6.91. The summed E-state index contributed by atoms with van der Waals surface area (Å²) in [5.41, 5.74) is -3.40. The molecule has 0 saturated heterocycles. The molecule has 0 aliphatic rings. The van der Waals surface area contributed by atoms with E-state index in [4.69, 9.17) is 0 Å². The van der Waals surface area contributed by atoms with Gasteiger partial charge in [-0.05, 0) is 12.8 Å². The number of amides is 1. The Morgan fingerprint density at radius 2 is 2.00 bits per heavy atom. The molecule has 0 aromatic carbocycles. The van der Waals surface area contributed by atoms with Gasteiger partial charge in [-0.1, -0.05) is 25.2 Å². The van der Waals surface area contributed by atoms with Crippen LogP contribution in [0, 0.1) is 0 Å². The van der Waals surface area contributed by atoms with Crippen LogP contribution in [0.2, 0.25) is 0 Å². The maximum atomic E-state index is 13.4. The number of aromatic nitrogens is 4. The number of nitrogens with zero attached hydrogens (tertiary/aromatic N) is 4. The number of halogens is 3. The second kappa shape index (κ2) is 7.70. The van der Waals surface area contributed by atoms with Crippen LogP contribution in [0.15, 0.2) is 12.4 Å². The average Bonchev–Trinajstić information content (AvgIpc) is 3.16. The summed E-state index contributed by atoms with van der Waals surface area (Å²) in [6, 6.07) is 0. The first-order valence-electron chi connectivity index (χ1n) is 8.02. The molecule has 26 heavy (non-hydrogen) atoms. The number of hydrogen-bond donors (Lipinski definition) is 2. The minimum atomic E-state index is -5.08. The van der Waals surface area contributed by atoms with Crippen molar-refractivity contribution in [3.05, 3.63) is 23.2 Å². The molecule has 7 nitrogen and oxygen atoms in total. The lowest BCUT2D eigenvalue weighted by molar-refractivity contribution is -0.270. The van der Waals surface area contributed by atoms with E-state index in [0.29, 0.717) is 5.01 Å². The maximum Gasteiger partial charge on any atom is 0.425 e. The number of rotatable bonds is 7. The Balaban J connectivity index is 2.18. The monoisotopic (exact) mass is 391 g/mol. The van der Waals surface area contributed by atoms with Crippen LogP contribution in [-0.4, -0.2) is 36.9 Å². The molecule has 2 aromatic heterocycles. The molecule has 0 aliphatic heterocycles. The summed E-state index contributed by atoms with van der Waals surface area (Å²) < 4.78 is 41.3. The number of hydrogen-bond acceptors (Lipinski definition) is 6. The molecule has 0 radical (unpaired) electrons. The first-order valence-corrected chi connectivity index (χ1v) is 8.84. The summed E-state index contributed by atoms with van der Waals surface area (Å²) >= 11 is 1.11. The third-order valence-electron chi connectivity index (χ3n) is 4.10. The Morgan fingerprint density at radius 1 is 1.35 bits per heavy atom. The van der Waals surface area contributed by atoms with Gasteiger partial charge in [0.25, 0.3) is 0 Å². The van der Waals surface area contributed by atoms with Gasteiger partial charge in [0, 0.05) is 25.4 Å². The van der Waals surface area contributed by atoms with E-state index in [-0.39, 0.29) is 11.0 Å². The van der Waals surface area contributed by atoms with E-state index in [1.54, 1.807) is 0 Å². The van der Waals surface area contributed by atoms with Crippen LogP contribution in [0.3, 0.4) is 0 Å². The Bertz CT molecular complexity index is 757. The molecule has 0 fully saturated rings. The van der Waals surface area contributed by atoms with E-state index in [2.05, 4.69) is 20.5 Å². The molecular formula is C15H20F3N5O2S. The van der Waals surface area contributed by atoms with Crippen molar-refractivity contribution in [1.29, 1.82) is 0 Å². The summed E-state index contributed by atoms with van der Waals surface area (Å²) in [6.07, 6.45) is -2.25. The maximum absolute atomic E-state index is 13.4. The highest BCUT2D eigenvalue weighted by molar-refractivity contribution is 7.15. The van der Waals surface area contributed by atoms with E-state index in [1.807, 2.05) is 13.8 Å². The molecule has 1 amide bonds. The number of carbonyl (C=O) groups is 1. The Kier molecular flexibility index (Phi) is 6.02. The molecule has 2 N–H and O–H groups in total. The zero-order valence-electron chi connectivity index (χ0n) is 14.5. The molecule has 0 saturated carbocycles. The van der Waals surface area contributed by atoms with Gasteiger partial charge in [-0.3, -0.25) is 4.79 Å². The average molecular weight is 391 g/mol. The topological polar surface area (TPSA) is 92.9 Å². The van der Waals surface area contributed by atoms with Crippen molar-refractivity contribution in [1.82, 2.24) is 19.7 Å². The number of aliphatic hydroxyl groups is 1. The molecule has 0 spiro atoms. The highest BCUT2D eigenvalue weighted by Crippen LogP contribution is 2.41. The molecule has 11 heteroatoms. The van der Waals surface area contributed by atoms with Crippen LogP contribution in [0.4, 0.5) is 18.3 Å². The van der Waals surface area contributed by atoms with E-state index < -0.39 is 29.9 Å². The fraction of sp³-hybridized carbons (Fsp3) is 0.600. The van der Waals surface area contributed by atoms with Crippen LogP contribution < -0.4 is 5.32 Å². The van der Waals surface area contributed by atoms with E-state index in [9.17, 15) is 23.1 Å². The molecule has 0 aliphatic carbocycles. The fourth-order valence-electron chi connectivity index (χ4n) is 2.55. The van der Waals surface area contributed by atoms with Crippen LogP contribution in [0.25, 0.3) is 0 Å². The zero-order valence-corrected chi connectivity index (χ0v) is 15.4. The molecule has 2 heterocycles. The first kappa shape index (κ1) is 20.3. The highest BCUT2D eigenvalue weighted by atomic mass is 32.1. The van der Waals surface area contributed by atoms with Gasteiger partial charge in [0.1, 0.15) is 5.01 Å². The lowest BCUT2D eigenvalue weighted by Gasteiger charge is -2.29. The van der Waals surface area contributed by atoms with Gasteiger partial charge >= 0.3 is 6.18 Å². The molecule has 144 valence electrons. The number of aryl methyl sites for hydroxylation is 1. The molecule has 1 atom stereocenters. The Morgan fingerprint density at radius 3 is 2.50 bits per heavy atom. The van der Waals surface area contributed by atoms with E-state index in [0.717, 1.165) is 34.9 Å². The van der Waals surface area contributed by atoms with Crippen molar-refractivity contribution < 1.29 is 23.1 Å². The highest BCUT2D eigenvalue weighted by Gasteiger charge is 2.58. The number of alkyl halides is 3. The minimum absolute atomic E-state index is 0.0984. The van der Waals surface area contributed by atoms with Crippen molar-refractivity contribution in [2.75, 3.05) is 5.32 Å². The first-order chi connectivity index (χ1) is 12.1. The lowest BCUT2D eigenvalue weighted by Crippen LogP contribution is -2.46. The predicted molar refractivity (Wildman–Crippen MR) is 89.6 cm³/mol. The minimum Gasteiger partial charge on any atom is -0.374 e. The lowest BCUT2D eigenvalue weighted by atomic mass is 9.97. The van der Waals surface area contributed by atoms with Crippen LogP contribution in [0.1, 0.15) is 49.9 Å². The van der Waals surface area contributed by atoms with Crippen molar-refractivity contribution >= 4 is 22.4 Å². The normalized spacial score (nSPS) is 14.5. The Hall–Kier alpha value is -2.01. The quantitative estimate of drug-likeness (QED) is 0.757. The van der Waals surface area contributed by atoms with Crippen molar-refractivity contribution in [2.24, 2.45) is 7.05 Å². The molecule has 1 unspecified atom stereocenters. The van der Waals surface area contributed by atoms with Crippen molar-refractivity contribution in [3.8, 4) is 0 Å². The van der Waals surface area contributed by atoms with Gasteiger partial charge in [-0.2, -0.15) is 13.2 Å². The standard InChI is InChI=1S/C15H20F3N5O2S/c1-4-9(5-2)11-21-22-13(26-11)20-10(24)8-14(25,15(16,17)18)12-19-6-7-23(12)3/h6-7,9,25H,4-5,8H2,1-3H3,(H,20,22,24). The smallest absolute Gasteiger partial charge is 0.374 e. The van der Waals surface area contributed by atoms with Crippen LogP contribution >= 0.6 is 11.3 Å². The summed E-state index contributed by atoms with van der Waals surface area (Å²) in [7, 11) is 1.31. The summed E-state index contributed by atoms with van der Waals surface area (Å²) in [6.45, 7) is 3.98. The molecule has 2 rings (SSSR count). The third-order valence-corrected chi connectivity index (χ3v) is 5.10. The van der Waals surface area contributed by atoms with Gasteiger partial charge < -0.3 is 15.0 Å². The summed E-state index contributed by atoms with van der Waals surface area (Å²) in [5, 5.41) is 21.1. The fourth-order valence-corrected chi connectivity index (χ4v) is 3.58. The SMILES string of the molecule is CCC(CC)c1nnc(NC(=O)CC(O)(c2nccn2C)C(F)(F)F)s1. The van der Waals surface area contributed by atoms with Gasteiger partial charge in [0.05, 0.1) is 6.42 Å². The summed E-state index contributed by atoms with van der Waals surface area (Å²) in [5.74, 6) is -1.51. The Labute approximate surface area is 152 Å². The van der Waals surface area contributed by atoms with Crippen molar-refractivity contribution in [3.63, 3.8) is 0 Å². The molecule has 0 bridgehead atoms. The largest absolute Gasteiger partial charge is 0.425 e. The van der Waals surface area contributed by atoms with Gasteiger partial charge in [-0.15, -0.1) is 10.2 Å². The van der Waals surface area contributed by atoms with Gasteiger partial charge in [-0.25, -0.2) is 4.98 Å². The molecule has 2 aromatic rings. The van der Waals surface area contributed by atoms with E-state index >= 15 is 0 Å². The number of imidazole rings is 1.